The smallest absolute Gasteiger partial charge is 0.243 e. The second kappa shape index (κ2) is 6.01. The average molecular weight is 298 g/mol. The molecule has 2 aromatic carbocycles. The van der Waals surface area contributed by atoms with E-state index >= 15 is 0 Å². The van der Waals surface area contributed by atoms with Crippen LogP contribution in [0.25, 0.3) is 0 Å². The van der Waals surface area contributed by atoms with Crippen LogP contribution in [0.15, 0.2) is 59.6 Å². The quantitative estimate of drug-likeness (QED) is 0.871. The molecule has 0 aliphatic carbocycles. The highest BCUT2D eigenvalue weighted by Gasteiger charge is 2.29. The Bertz CT molecular complexity index is 668. The molecule has 0 atom stereocenters. The molecule has 1 heterocycles. The minimum atomic E-state index is 0.0541. The first-order valence-electron chi connectivity index (χ1n) is 6.51. The third-order valence-electron chi connectivity index (χ3n) is 3.08. The summed E-state index contributed by atoms with van der Waals surface area (Å²) in [5.74, 6) is 1.26. The number of nitrogens with zero attached hydrogens (tertiary/aromatic N) is 2. The summed E-state index contributed by atoms with van der Waals surface area (Å²) < 4.78 is 5.13. The number of aliphatic imine (C=N–C) groups is 1. The van der Waals surface area contributed by atoms with Crippen molar-refractivity contribution in [3.8, 4) is 5.75 Å². The molecule has 1 amide bonds. The largest absolute Gasteiger partial charge is 0.497 e. The number of amides is 1. The van der Waals surface area contributed by atoms with Crippen molar-refractivity contribution in [1.82, 2.24) is 0 Å². The van der Waals surface area contributed by atoms with Crippen LogP contribution in [0.2, 0.25) is 0 Å². The lowest BCUT2D eigenvalue weighted by Crippen LogP contribution is -2.28. The van der Waals surface area contributed by atoms with E-state index in [-0.39, 0.29) is 5.91 Å². The van der Waals surface area contributed by atoms with E-state index in [1.807, 2.05) is 54.6 Å². The third-order valence-corrected chi connectivity index (χ3v) is 4.00. The van der Waals surface area contributed by atoms with Gasteiger partial charge in [0.25, 0.3) is 0 Å². The van der Waals surface area contributed by atoms with E-state index in [9.17, 15) is 4.79 Å². The molecule has 0 spiro atoms. The number of hydrogen-bond acceptors (Lipinski definition) is 4. The number of amidine groups is 1. The number of para-hydroxylation sites is 1. The summed E-state index contributed by atoms with van der Waals surface area (Å²) in [6, 6.07) is 17.0. The Morgan fingerprint density at radius 1 is 1.10 bits per heavy atom. The SMILES string of the molecule is COc1ccc(N=C2SCC(=O)N2c2ccccc2)cc1. The Labute approximate surface area is 127 Å². The van der Waals surface area contributed by atoms with Gasteiger partial charge in [-0.15, -0.1) is 0 Å². The number of ether oxygens (including phenoxy) is 1. The highest BCUT2D eigenvalue weighted by Crippen LogP contribution is 2.29. The molecule has 0 saturated carbocycles. The van der Waals surface area contributed by atoms with Crippen molar-refractivity contribution in [3.63, 3.8) is 0 Å². The predicted molar refractivity (Wildman–Crippen MR) is 86.5 cm³/mol. The Kier molecular flexibility index (Phi) is 3.92. The molecule has 3 rings (SSSR count). The zero-order chi connectivity index (χ0) is 14.7. The third kappa shape index (κ3) is 2.92. The Morgan fingerprint density at radius 2 is 1.81 bits per heavy atom. The molecular formula is C16H14N2O2S. The molecule has 1 saturated heterocycles. The summed E-state index contributed by atoms with van der Waals surface area (Å²) in [6.45, 7) is 0. The van der Waals surface area contributed by atoms with Crippen LogP contribution in [0.1, 0.15) is 0 Å². The van der Waals surface area contributed by atoms with Crippen LogP contribution in [-0.4, -0.2) is 23.9 Å². The molecule has 0 radical (unpaired) electrons. The first-order chi connectivity index (χ1) is 10.3. The lowest BCUT2D eigenvalue weighted by molar-refractivity contribution is -0.115. The van der Waals surface area contributed by atoms with Gasteiger partial charge in [0.15, 0.2) is 5.17 Å². The van der Waals surface area contributed by atoms with Gasteiger partial charge in [0.05, 0.1) is 24.2 Å². The van der Waals surface area contributed by atoms with Crippen molar-refractivity contribution in [3.05, 3.63) is 54.6 Å². The molecule has 1 fully saturated rings. The second-order valence-corrected chi connectivity index (χ2v) is 5.39. The van der Waals surface area contributed by atoms with Gasteiger partial charge in [-0.25, -0.2) is 4.99 Å². The maximum atomic E-state index is 12.1. The van der Waals surface area contributed by atoms with Gasteiger partial charge in [-0.05, 0) is 36.4 Å². The van der Waals surface area contributed by atoms with Gasteiger partial charge in [0, 0.05) is 0 Å². The standard InChI is InChI=1S/C16H14N2O2S/c1-20-14-9-7-12(8-10-14)17-16-18(15(19)11-21-16)13-5-3-2-4-6-13/h2-10H,11H2,1H3. The number of rotatable bonds is 3. The molecule has 5 heteroatoms. The maximum Gasteiger partial charge on any atom is 0.243 e. The van der Waals surface area contributed by atoms with Gasteiger partial charge in [-0.3, -0.25) is 9.69 Å². The Morgan fingerprint density at radius 3 is 2.48 bits per heavy atom. The zero-order valence-electron chi connectivity index (χ0n) is 11.5. The minimum absolute atomic E-state index is 0.0541. The maximum absolute atomic E-state index is 12.1. The van der Waals surface area contributed by atoms with E-state index in [0.29, 0.717) is 10.9 Å². The summed E-state index contributed by atoms with van der Waals surface area (Å²) in [5, 5.41) is 0.705. The number of methoxy groups -OCH3 is 1. The predicted octanol–water partition coefficient (Wildman–Crippen LogP) is 3.46. The molecule has 0 bridgehead atoms. The van der Waals surface area contributed by atoms with Crippen LogP contribution in [0.3, 0.4) is 0 Å². The van der Waals surface area contributed by atoms with Gasteiger partial charge in [-0.1, -0.05) is 30.0 Å². The van der Waals surface area contributed by atoms with E-state index in [2.05, 4.69) is 4.99 Å². The fraction of sp³-hybridized carbons (Fsp3) is 0.125. The lowest BCUT2D eigenvalue weighted by atomic mass is 10.3. The van der Waals surface area contributed by atoms with Crippen molar-refractivity contribution >= 4 is 34.2 Å². The molecule has 106 valence electrons. The van der Waals surface area contributed by atoms with Gasteiger partial charge in [-0.2, -0.15) is 0 Å². The molecule has 1 aliphatic rings. The van der Waals surface area contributed by atoms with Crippen LogP contribution < -0.4 is 9.64 Å². The highest BCUT2D eigenvalue weighted by atomic mass is 32.2. The second-order valence-electron chi connectivity index (χ2n) is 4.45. The summed E-state index contributed by atoms with van der Waals surface area (Å²) in [7, 11) is 1.63. The minimum Gasteiger partial charge on any atom is -0.497 e. The average Bonchev–Trinajstić information content (AvgIpc) is 2.89. The molecule has 2 aromatic rings. The van der Waals surface area contributed by atoms with E-state index in [4.69, 9.17) is 4.74 Å². The van der Waals surface area contributed by atoms with Crippen molar-refractivity contribution in [2.45, 2.75) is 0 Å². The topological polar surface area (TPSA) is 41.9 Å². The number of hydrogen-bond donors (Lipinski definition) is 0. The summed E-state index contributed by atoms with van der Waals surface area (Å²) in [4.78, 5) is 18.3. The number of carbonyl (C=O) groups is 1. The summed E-state index contributed by atoms with van der Waals surface area (Å²) in [6.07, 6.45) is 0. The number of carbonyl (C=O) groups excluding carboxylic acids is 1. The van der Waals surface area contributed by atoms with E-state index < -0.39 is 0 Å². The molecule has 1 aliphatic heterocycles. The van der Waals surface area contributed by atoms with Crippen LogP contribution in [0, 0.1) is 0 Å². The fourth-order valence-electron chi connectivity index (χ4n) is 2.04. The molecule has 0 N–H and O–H groups in total. The van der Waals surface area contributed by atoms with Crippen LogP contribution >= 0.6 is 11.8 Å². The van der Waals surface area contributed by atoms with Gasteiger partial charge in [0.1, 0.15) is 5.75 Å². The molecule has 21 heavy (non-hydrogen) atoms. The van der Waals surface area contributed by atoms with Crippen LogP contribution in [0.5, 0.6) is 5.75 Å². The van der Waals surface area contributed by atoms with E-state index in [1.54, 1.807) is 12.0 Å². The molecule has 4 nitrogen and oxygen atoms in total. The zero-order valence-corrected chi connectivity index (χ0v) is 12.3. The number of benzene rings is 2. The van der Waals surface area contributed by atoms with Crippen LogP contribution in [-0.2, 0) is 4.79 Å². The van der Waals surface area contributed by atoms with Gasteiger partial charge < -0.3 is 4.74 Å². The monoisotopic (exact) mass is 298 g/mol. The number of thioether (sulfide) groups is 1. The molecule has 0 aromatic heterocycles. The Balaban J connectivity index is 1.92. The summed E-state index contributed by atoms with van der Waals surface area (Å²) >= 11 is 1.45. The van der Waals surface area contributed by atoms with Crippen molar-refractivity contribution in [2.24, 2.45) is 4.99 Å². The first-order valence-corrected chi connectivity index (χ1v) is 7.50. The van der Waals surface area contributed by atoms with Crippen molar-refractivity contribution < 1.29 is 9.53 Å². The normalized spacial score (nSPS) is 16.5. The van der Waals surface area contributed by atoms with Crippen LogP contribution in [0.4, 0.5) is 11.4 Å². The lowest BCUT2D eigenvalue weighted by Gasteiger charge is -2.15. The fourth-order valence-corrected chi connectivity index (χ4v) is 2.93. The Hall–Kier alpha value is -2.27. The summed E-state index contributed by atoms with van der Waals surface area (Å²) in [5.41, 5.74) is 1.65. The number of anilines is 1. The van der Waals surface area contributed by atoms with E-state index in [0.717, 1.165) is 17.1 Å². The van der Waals surface area contributed by atoms with Crippen molar-refractivity contribution in [2.75, 3.05) is 17.8 Å². The highest BCUT2D eigenvalue weighted by molar-refractivity contribution is 8.15. The molecular weight excluding hydrogens is 284 g/mol. The first kappa shape index (κ1) is 13.7. The van der Waals surface area contributed by atoms with Gasteiger partial charge in [0.2, 0.25) is 5.91 Å². The van der Waals surface area contributed by atoms with Gasteiger partial charge >= 0.3 is 0 Å². The van der Waals surface area contributed by atoms with E-state index in [1.165, 1.54) is 11.8 Å². The molecule has 0 unspecified atom stereocenters. The van der Waals surface area contributed by atoms with Crippen molar-refractivity contribution in [1.29, 1.82) is 0 Å².